The fraction of sp³-hybridized carbons (Fsp3) is 0.250. The maximum atomic E-state index is 14.1. The van der Waals surface area contributed by atoms with E-state index in [2.05, 4.69) is 26.1 Å². The monoisotopic (exact) mass is 628 g/mol. The van der Waals surface area contributed by atoms with Gasteiger partial charge in [0.15, 0.2) is 0 Å². The smallest absolute Gasteiger partial charge is 0.308 e. The van der Waals surface area contributed by atoms with Gasteiger partial charge >= 0.3 is 4.87 Å². The number of nitro groups is 1. The molecular weight excluding hydrogens is 601 g/mol. The number of aromatic nitrogens is 1. The molecule has 10 nitrogen and oxygen atoms in total. The quantitative estimate of drug-likeness (QED) is 0.168. The summed E-state index contributed by atoms with van der Waals surface area (Å²) in [5.41, 5.74) is 2.44. The van der Waals surface area contributed by atoms with E-state index in [4.69, 9.17) is 0 Å². The number of rotatable bonds is 6. The molecule has 1 saturated heterocycles. The Morgan fingerprint density at radius 3 is 2.20 bits per heavy atom. The van der Waals surface area contributed by atoms with Gasteiger partial charge in [0.2, 0.25) is 17.7 Å². The molecule has 2 unspecified atom stereocenters. The molecule has 2 aliphatic rings. The largest absolute Gasteiger partial charge is 0.325 e. The third-order valence-electron chi connectivity index (χ3n) is 7.86. The lowest BCUT2D eigenvalue weighted by atomic mass is 9.81. The number of nitrogens with one attached hydrogen (secondary N) is 1. The van der Waals surface area contributed by atoms with Gasteiger partial charge in [0.05, 0.1) is 21.6 Å². The normalized spacial score (nSPS) is 19.4. The second-order valence-electron chi connectivity index (χ2n) is 11.7. The lowest BCUT2D eigenvalue weighted by Crippen LogP contribution is -2.33. The van der Waals surface area contributed by atoms with Crippen molar-refractivity contribution in [3.05, 3.63) is 115 Å². The van der Waals surface area contributed by atoms with Crippen molar-refractivity contribution in [1.29, 1.82) is 0 Å². The van der Waals surface area contributed by atoms with Gasteiger partial charge in [0, 0.05) is 28.6 Å². The summed E-state index contributed by atoms with van der Waals surface area (Å²) in [5.74, 6) is -2.74. The van der Waals surface area contributed by atoms with Crippen LogP contribution in [0.5, 0.6) is 0 Å². The van der Waals surface area contributed by atoms with Crippen LogP contribution in [0.1, 0.15) is 42.7 Å². The number of hydrogen-bond donors (Lipinski definition) is 1. The van der Waals surface area contributed by atoms with Crippen LogP contribution in [0.2, 0.25) is 0 Å². The Kier molecular flexibility index (Phi) is 7.50. The second-order valence-corrected chi connectivity index (χ2v) is 13.9. The molecule has 3 heterocycles. The number of amides is 3. The Balaban J connectivity index is 1.42. The molecule has 0 saturated carbocycles. The molecule has 0 spiro atoms. The van der Waals surface area contributed by atoms with Crippen LogP contribution in [0.3, 0.4) is 0 Å². The highest BCUT2D eigenvalue weighted by Crippen LogP contribution is 2.54. The molecule has 2 aliphatic heterocycles. The van der Waals surface area contributed by atoms with Crippen molar-refractivity contribution >= 4 is 57.9 Å². The molecule has 4 aromatic rings. The number of non-ortho nitro benzene ring substituents is 1. The lowest BCUT2D eigenvalue weighted by Gasteiger charge is -2.31. The number of thioether (sulfide) groups is 1. The Labute approximate surface area is 260 Å². The van der Waals surface area contributed by atoms with Crippen LogP contribution >= 0.6 is 23.1 Å². The first-order chi connectivity index (χ1) is 20.9. The van der Waals surface area contributed by atoms with E-state index in [0.29, 0.717) is 15.6 Å². The molecule has 3 aromatic carbocycles. The van der Waals surface area contributed by atoms with Crippen LogP contribution in [0, 0.1) is 16.0 Å². The van der Waals surface area contributed by atoms with Crippen LogP contribution in [0.25, 0.3) is 0 Å². The Morgan fingerprint density at radius 1 is 0.932 bits per heavy atom. The third-order valence-corrected chi connectivity index (χ3v) is 10.5. The predicted molar refractivity (Wildman–Crippen MR) is 169 cm³/mol. The highest BCUT2D eigenvalue weighted by atomic mass is 32.2. The van der Waals surface area contributed by atoms with Crippen LogP contribution in [-0.2, 0) is 26.3 Å². The number of imide groups is 1. The molecule has 3 atom stereocenters. The maximum absolute atomic E-state index is 14.1. The molecule has 1 aromatic heterocycles. The van der Waals surface area contributed by atoms with E-state index in [1.54, 1.807) is 24.3 Å². The highest BCUT2D eigenvalue weighted by Gasteiger charge is 2.56. The van der Waals surface area contributed by atoms with E-state index in [-0.39, 0.29) is 28.2 Å². The van der Waals surface area contributed by atoms with Crippen molar-refractivity contribution in [3.8, 4) is 0 Å². The van der Waals surface area contributed by atoms with Gasteiger partial charge in [-0.3, -0.25) is 33.9 Å². The maximum Gasteiger partial charge on any atom is 0.308 e. The number of para-hydroxylation sites is 1. The first-order valence-corrected chi connectivity index (χ1v) is 15.6. The minimum absolute atomic E-state index is 0.110. The van der Waals surface area contributed by atoms with Crippen LogP contribution in [0.4, 0.5) is 17.1 Å². The van der Waals surface area contributed by atoms with Gasteiger partial charge < -0.3 is 5.32 Å². The topological polar surface area (TPSA) is 132 Å². The minimum Gasteiger partial charge on any atom is -0.325 e. The zero-order valence-corrected chi connectivity index (χ0v) is 25.7. The van der Waals surface area contributed by atoms with Gasteiger partial charge in [0.1, 0.15) is 11.8 Å². The first kappa shape index (κ1) is 29.5. The molecule has 3 amide bonds. The molecule has 0 bridgehead atoms. The predicted octanol–water partition coefficient (Wildman–Crippen LogP) is 5.55. The Bertz CT molecular complexity index is 1840. The number of nitrogens with zero attached hydrogens (tertiary/aromatic N) is 3. The summed E-state index contributed by atoms with van der Waals surface area (Å²) in [6, 6.07) is 22.1. The second kappa shape index (κ2) is 11.2. The van der Waals surface area contributed by atoms with Crippen molar-refractivity contribution < 1.29 is 19.3 Å². The van der Waals surface area contributed by atoms with E-state index in [1.165, 1.54) is 28.8 Å². The number of thiazole rings is 1. The summed E-state index contributed by atoms with van der Waals surface area (Å²) in [7, 11) is 0. The van der Waals surface area contributed by atoms with Gasteiger partial charge in [-0.05, 0) is 40.8 Å². The summed E-state index contributed by atoms with van der Waals surface area (Å²) in [5, 5.41) is 13.6. The van der Waals surface area contributed by atoms with Gasteiger partial charge in [-0.2, -0.15) is 0 Å². The Hall–Kier alpha value is -4.55. The van der Waals surface area contributed by atoms with Crippen LogP contribution in [0.15, 0.2) is 88.7 Å². The van der Waals surface area contributed by atoms with Crippen LogP contribution < -0.4 is 15.1 Å². The minimum atomic E-state index is -0.866. The molecule has 1 fully saturated rings. The van der Waals surface area contributed by atoms with Crippen molar-refractivity contribution in [2.75, 3.05) is 10.2 Å². The molecular formula is C32H28N4O6S2. The fourth-order valence-electron chi connectivity index (χ4n) is 5.65. The average Bonchev–Trinajstić information content (AvgIpc) is 3.43. The molecule has 44 heavy (non-hydrogen) atoms. The number of nitro benzene ring substituents is 1. The van der Waals surface area contributed by atoms with Crippen LogP contribution in [-0.4, -0.2) is 32.5 Å². The summed E-state index contributed by atoms with van der Waals surface area (Å²) in [6.07, 6.45) is 0. The van der Waals surface area contributed by atoms with Crippen molar-refractivity contribution in [3.63, 3.8) is 0 Å². The molecule has 12 heteroatoms. The van der Waals surface area contributed by atoms with E-state index >= 15 is 0 Å². The van der Waals surface area contributed by atoms with E-state index in [0.717, 1.165) is 39.1 Å². The summed E-state index contributed by atoms with van der Waals surface area (Å²) >= 11 is 2.10. The molecule has 224 valence electrons. The molecule has 0 aliphatic carbocycles. The van der Waals surface area contributed by atoms with Gasteiger partial charge in [-0.25, -0.2) is 4.90 Å². The number of fused-ring (bicyclic) bond motifs is 2. The molecule has 0 radical (unpaired) electrons. The van der Waals surface area contributed by atoms with E-state index in [1.807, 2.05) is 30.3 Å². The Morgan fingerprint density at radius 2 is 1.59 bits per heavy atom. The summed E-state index contributed by atoms with van der Waals surface area (Å²) in [6.45, 7) is 6.04. The summed E-state index contributed by atoms with van der Waals surface area (Å²) < 4.78 is 1.38. The molecule has 6 rings (SSSR count). The van der Waals surface area contributed by atoms with Crippen molar-refractivity contribution in [1.82, 2.24) is 4.57 Å². The van der Waals surface area contributed by atoms with Crippen molar-refractivity contribution in [2.24, 2.45) is 5.92 Å². The number of benzene rings is 3. The standard InChI is InChI=1S/C32H28N4O6S2/c1-32(2,3)19-11-9-18(10-12-19)24-25-26(29(39)35(28(25)38)21-13-15-22(16-14-21)36(41)42)43-30-27(24)44-31(40)34(30)17-23(37)33-20-7-5-4-6-8-20/h4-16,24-26H,17H2,1-3H3,(H,33,37)/t24-,25?,26?/m1/s1. The zero-order chi connectivity index (χ0) is 31.3. The van der Waals surface area contributed by atoms with Crippen molar-refractivity contribution in [2.45, 2.75) is 48.9 Å². The number of hydrogen-bond acceptors (Lipinski definition) is 8. The van der Waals surface area contributed by atoms with Gasteiger partial charge in [-0.1, -0.05) is 86.3 Å². The van der Waals surface area contributed by atoms with Gasteiger partial charge in [0.25, 0.3) is 5.69 Å². The fourth-order valence-corrected chi connectivity index (χ4v) is 8.42. The molecule has 1 N–H and O–H groups in total. The third kappa shape index (κ3) is 5.24. The van der Waals surface area contributed by atoms with E-state index < -0.39 is 39.7 Å². The zero-order valence-electron chi connectivity index (χ0n) is 24.1. The SMILES string of the molecule is CC(C)(C)c1ccc([C@H]2c3sc(=O)n(CC(=O)Nc4ccccc4)c3SC3C(=O)N(c4ccc([N+](=O)[O-])cc4)C(=O)C32)cc1. The number of carbonyl (C=O) groups is 3. The lowest BCUT2D eigenvalue weighted by molar-refractivity contribution is -0.384. The number of anilines is 2. The highest BCUT2D eigenvalue weighted by molar-refractivity contribution is 8.00. The first-order valence-electron chi connectivity index (χ1n) is 13.9. The van der Waals surface area contributed by atoms with Gasteiger partial charge in [-0.15, -0.1) is 0 Å². The number of carbonyl (C=O) groups excluding carboxylic acids is 3. The van der Waals surface area contributed by atoms with E-state index in [9.17, 15) is 29.3 Å². The average molecular weight is 629 g/mol. The summed E-state index contributed by atoms with van der Waals surface area (Å²) in [4.78, 5) is 66.4.